The summed E-state index contributed by atoms with van der Waals surface area (Å²) in [5.41, 5.74) is 3.34. The second-order valence-electron chi connectivity index (χ2n) is 11.1. The monoisotopic (exact) mass is 523 g/mol. The minimum atomic E-state index is -0.0799. The van der Waals surface area contributed by atoms with E-state index >= 15 is 0 Å². The van der Waals surface area contributed by atoms with Gasteiger partial charge in [0.2, 0.25) is 0 Å². The Morgan fingerprint density at radius 1 is 0.711 bits per heavy atom. The highest BCUT2D eigenvalue weighted by Gasteiger charge is 2.21. The maximum absolute atomic E-state index is 6.04. The van der Waals surface area contributed by atoms with Crippen LogP contribution in [0.5, 0.6) is 5.75 Å². The van der Waals surface area contributed by atoms with Crippen molar-refractivity contribution in [3.8, 4) is 17.0 Å². The van der Waals surface area contributed by atoms with Crippen LogP contribution in [0.25, 0.3) is 11.3 Å². The predicted molar refractivity (Wildman–Crippen MR) is 159 cm³/mol. The van der Waals surface area contributed by atoms with Crippen molar-refractivity contribution in [3.63, 3.8) is 0 Å². The maximum Gasteiger partial charge on any atom is 0.157 e. The molecule has 1 aromatic heterocycles. The zero-order valence-corrected chi connectivity index (χ0v) is 24.3. The van der Waals surface area contributed by atoms with Crippen LogP contribution in [0.15, 0.2) is 42.6 Å². The average Bonchev–Trinajstić information content (AvgIpc) is 2.96. The number of rotatable bonds is 20. The molecular formula is C34H53NO3. The smallest absolute Gasteiger partial charge is 0.157 e. The molecule has 0 unspecified atom stereocenters. The van der Waals surface area contributed by atoms with Gasteiger partial charge in [-0.25, -0.2) is 0 Å². The molecule has 1 aromatic carbocycles. The molecule has 1 saturated heterocycles. The molecule has 38 heavy (non-hydrogen) atoms. The van der Waals surface area contributed by atoms with Gasteiger partial charge in [0, 0.05) is 24.1 Å². The Morgan fingerprint density at radius 3 is 1.97 bits per heavy atom. The molecule has 4 heteroatoms. The second kappa shape index (κ2) is 19.2. The molecule has 0 aliphatic carbocycles. The van der Waals surface area contributed by atoms with Crippen LogP contribution in [-0.2, 0) is 15.9 Å². The van der Waals surface area contributed by atoms with Crippen molar-refractivity contribution in [2.45, 2.75) is 123 Å². The highest BCUT2D eigenvalue weighted by molar-refractivity contribution is 5.60. The van der Waals surface area contributed by atoms with Crippen molar-refractivity contribution in [1.82, 2.24) is 4.98 Å². The number of hydrogen-bond donors (Lipinski definition) is 0. The van der Waals surface area contributed by atoms with Crippen LogP contribution in [0.4, 0.5) is 0 Å². The van der Waals surface area contributed by atoms with Crippen LogP contribution in [0, 0.1) is 5.92 Å². The summed E-state index contributed by atoms with van der Waals surface area (Å²) in [6.07, 6.45) is 22.2. The lowest BCUT2D eigenvalue weighted by molar-refractivity contribution is -0.203. The highest BCUT2D eigenvalue weighted by Crippen LogP contribution is 2.23. The Labute approximate surface area is 232 Å². The van der Waals surface area contributed by atoms with Gasteiger partial charge >= 0.3 is 0 Å². The van der Waals surface area contributed by atoms with E-state index in [4.69, 9.17) is 19.2 Å². The summed E-state index contributed by atoms with van der Waals surface area (Å²) >= 11 is 0. The highest BCUT2D eigenvalue weighted by atomic mass is 16.7. The van der Waals surface area contributed by atoms with E-state index in [1.54, 1.807) is 0 Å². The van der Waals surface area contributed by atoms with Gasteiger partial charge < -0.3 is 14.2 Å². The van der Waals surface area contributed by atoms with Crippen LogP contribution < -0.4 is 4.74 Å². The summed E-state index contributed by atoms with van der Waals surface area (Å²) in [6.45, 7) is 7.01. The van der Waals surface area contributed by atoms with Crippen molar-refractivity contribution in [2.75, 3.05) is 19.8 Å². The normalized spacial score (nSPS) is 17.5. The Bertz CT molecular complexity index is 828. The molecule has 0 saturated carbocycles. The fraction of sp³-hybridized carbons (Fsp3) is 0.676. The van der Waals surface area contributed by atoms with Crippen LogP contribution >= 0.6 is 0 Å². The molecule has 0 radical (unpaired) electrons. The lowest BCUT2D eigenvalue weighted by Crippen LogP contribution is -2.32. The number of aromatic nitrogens is 1. The quantitative estimate of drug-likeness (QED) is 0.162. The van der Waals surface area contributed by atoms with Crippen molar-refractivity contribution < 1.29 is 14.2 Å². The lowest BCUT2D eigenvalue weighted by atomic mass is 10.0. The number of nitrogens with zero attached hydrogens (tertiary/aromatic N) is 1. The second-order valence-corrected chi connectivity index (χ2v) is 11.1. The van der Waals surface area contributed by atoms with E-state index in [0.29, 0.717) is 5.92 Å². The van der Waals surface area contributed by atoms with Gasteiger partial charge in [0.1, 0.15) is 5.75 Å². The summed E-state index contributed by atoms with van der Waals surface area (Å²) in [4.78, 5) is 4.71. The van der Waals surface area contributed by atoms with Crippen LogP contribution in [0.3, 0.4) is 0 Å². The number of benzene rings is 1. The van der Waals surface area contributed by atoms with E-state index in [1.165, 1.54) is 89.0 Å². The number of ether oxygens (including phenoxy) is 3. The molecule has 1 aliphatic rings. The van der Waals surface area contributed by atoms with Gasteiger partial charge in [-0.1, -0.05) is 97.0 Å². The van der Waals surface area contributed by atoms with Gasteiger partial charge in [-0.3, -0.25) is 4.98 Å². The Hall–Kier alpha value is -1.91. The van der Waals surface area contributed by atoms with Crippen molar-refractivity contribution in [1.29, 1.82) is 0 Å². The number of aryl methyl sites for hydroxylation is 1. The first-order chi connectivity index (χ1) is 18.8. The third-order valence-corrected chi connectivity index (χ3v) is 7.66. The van der Waals surface area contributed by atoms with E-state index in [1.807, 2.05) is 6.20 Å². The van der Waals surface area contributed by atoms with Gasteiger partial charge in [-0.2, -0.15) is 0 Å². The summed E-state index contributed by atoms with van der Waals surface area (Å²) in [6, 6.07) is 12.6. The average molecular weight is 524 g/mol. The van der Waals surface area contributed by atoms with Crippen molar-refractivity contribution in [2.24, 2.45) is 5.92 Å². The first-order valence-corrected chi connectivity index (χ1v) is 15.7. The van der Waals surface area contributed by atoms with Gasteiger partial charge in [0.25, 0.3) is 0 Å². The first-order valence-electron chi connectivity index (χ1n) is 15.7. The first kappa shape index (κ1) is 30.6. The number of pyridine rings is 1. The standard InChI is InChI=1S/C34H53NO3/c1-3-5-7-9-10-11-12-14-16-30-27-37-34(38-28-30)24-18-29-17-23-33(35-26-29)31-19-21-32(22-20-31)36-25-15-13-8-6-4-2/h17,19-23,26,30,34H,3-16,18,24-25,27-28H2,1-2H3. The predicted octanol–water partition coefficient (Wildman–Crippen LogP) is 9.55. The lowest BCUT2D eigenvalue weighted by Gasteiger charge is -2.29. The fourth-order valence-corrected chi connectivity index (χ4v) is 5.13. The topological polar surface area (TPSA) is 40.6 Å². The Balaban J connectivity index is 1.27. The summed E-state index contributed by atoms with van der Waals surface area (Å²) in [5.74, 6) is 1.50. The maximum atomic E-state index is 6.04. The Kier molecular flexibility index (Phi) is 15.5. The van der Waals surface area contributed by atoms with Gasteiger partial charge in [0.15, 0.2) is 6.29 Å². The molecule has 0 amide bonds. The van der Waals surface area contributed by atoms with E-state index in [0.717, 1.165) is 56.1 Å². The number of hydrogen-bond acceptors (Lipinski definition) is 4. The van der Waals surface area contributed by atoms with E-state index in [9.17, 15) is 0 Å². The molecule has 4 nitrogen and oxygen atoms in total. The molecule has 1 aliphatic heterocycles. The zero-order valence-electron chi connectivity index (χ0n) is 24.3. The summed E-state index contributed by atoms with van der Waals surface area (Å²) < 4.78 is 18.0. The minimum absolute atomic E-state index is 0.0799. The van der Waals surface area contributed by atoms with E-state index in [2.05, 4.69) is 50.2 Å². The van der Waals surface area contributed by atoms with Gasteiger partial charge in [0.05, 0.1) is 25.5 Å². The van der Waals surface area contributed by atoms with Gasteiger partial charge in [-0.05, 0) is 55.2 Å². The third-order valence-electron chi connectivity index (χ3n) is 7.66. The Morgan fingerprint density at radius 2 is 1.34 bits per heavy atom. The number of unbranched alkanes of at least 4 members (excludes halogenated alkanes) is 11. The molecule has 3 rings (SSSR count). The van der Waals surface area contributed by atoms with Crippen molar-refractivity contribution in [3.05, 3.63) is 48.2 Å². The van der Waals surface area contributed by atoms with E-state index < -0.39 is 0 Å². The van der Waals surface area contributed by atoms with Crippen LogP contribution in [0.2, 0.25) is 0 Å². The molecule has 0 N–H and O–H groups in total. The molecular weight excluding hydrogens is 470 g/mol. The SMILES string of the molecule is CCCCCCCCCCC1COC(CCc2ccc(-c3ccc(OCCCCCCC)cc3)nc2)OC1. The van der Waals surface area contributed by atoms with Crippen LogP contribution in [-0.4, -0.2) is 31.1 Å². The molecule has 0 spiro atoms. The minimum Gasteiger partial charge on any atom is -0.494 e. The molecule has 212 valence electrons. The molecule has 2 aromatic rings. The molecule has 0 atom stereocenters. The van der Waals surface area contributed by atoms with Gasteiger partial charge in [-0.15, -0.1) is 0 Å². The molecule has 1 fully saturated rings. The largest absolute Gasteiger partial charge is 0.494 e. The molecule has 2 heterocycles. The molecule has 0 bridgehead atoms. The zero-order chi connectivity index (χ0) is 26.7. The third kappa shape index (κ3) is 12.3. The summed E-state index contributed by atoms with van der Waals surface area (Å²) in [7, 11) is 0. The van der Waals surface area contributed by atoms with Crippen molar-refractivity contribution >= 4 is 0 Å². The van der Waals surface area contributed by atoms with E-state index in [-0.39, 0.29) is 6.29 Å². The summed E-state index contributed by atoms with van der Waals surface area (Å²) in [5, 5.41) is 0. The van der Waals surface area contributed by atoms with Crippen LogP contribution in [0.1, 0.15) is 116 Å². The fourth-order valence-electron chi connectivity index (χ4n) is 5.13.